The van der Waals surface area contributed by atoms with Gasteiger partial charge in [-0.15, -0.1) is 0 Å². The van der Waals surface area contributed by atoms with Gasteiger partial charge < -0.3 is 15.2 Å². The highest BCUT2D eigenvalue weighted by Crippen LogP contribution is 2.35. The van der Waals surface area contributed by atoms with E-state index in [4.69, 9.17) is 2.74 Å². The number of nitrogens with one attached hydrogen (secondary N) is 2. The summed E-state index contributed by atoms with van der Waals surface area (Å²) in [5, 5.41) is 1.47. The Bertz CT molecular complexity index is 1060. The lowest BCUT2D eigenvalue weighted by atomic mass is 9.91. The molecule has 0 unspecified atom stereocenters. The Morgan fingerprint density at radius 3 is 2.96 bits per heavy atom. The normalized spacial score (nSPS) is 22.3. The minimum Gasteiger partial charge on any atom is -0.345 e. The number of fused-ring (bicyclic) bond motifs is 3. The number of urea groups is 1. The van der Waals surface area contributed by atoms with E-state index in [9.17, 15) is 18.0 Å². The Morgan fingerprint density at radius 1 is 1.41 bits per heavy atom. The van der Waals surface area contributed by atoms with Gasteiger partial charge >= 0.3 is 12.2 Å². The average molecular weight is 383 g/mol. The average Bonchev–Trinajstić information content (AvgIpc) is 3.36. The van der Waals surface area contributed by atoms with Gasteiger partial charge in [-0.05, 0) is 12.0 Å². The van der Waals surface area contributed by atoms with E-state index >= 15 is 0 Å². The molecule has 7 nitrogen and oxygen atoms in total. The van der Waals surface area contributed by atoms with Crippen LogP contribution in [0.2, 0.25) is 0 Å². The van der Waals surface area contributed by atoms with Crippen molar-refractivity contribution in [2.24, 2.45) is 5.92 Å². The molecule has 2 N–H and O–H groups in total. The second-order valence-corrected chi connectivity index (χ2v) is 6.58. The van der Waals surface area contributed by atoms with E-state index in [1.807, 2.05) is 17.4 Å². The molecule has 0 spiro atoms. The molecule has 3 aromatic rings. The van der Waals surface area contributed by atoms with Gasteiger partial charge in [0.15, 0.2) is 11.3 Å². The first-order valence-corrected chi connectivity index (χ1v) is 8.55. The number of hydrogen-bond donors (Lipinski definition) is 2. The van der Waals surface area contributed by atoms with Gasteiger partial charge in [0.25, 0.3) is 0 Å². The van der Waals surface area contributed by atoms with Gasteiger partial charge in [-0.3, -0.25) is 4.40 Å². The van der Waals surface area contributed by atoms with Crippen molar-refractivity contribution in [2.75, 3.05) is 19.6 Å². The number of rotatable bonds is 3. The van der Waals surface area contributed by atoms with E-state index in [-0.39, 0.29) is 24.9 Å². The molecule has 4 heterocycles. The number of amides is 2. The number of likely N-dealkylation sites (tertiary alicyclic amines) is 1. The van der Waals surface area contributed by atoms with Crippen molar-refractivity contribution in [2.45, 2.75) is 25.4 Å². The molecule has 1 fully saturated rings. The predicted molar refractivity (Wildman–Crippen MR) is 92.4 cm³/mol. The molecule has 0 aliphatic carbocycles. The minimum atomic E-state index is -5.19. The summed E-state index contributed by atoms with van der Waals surface area (Å²) in [5.41, 5.74) is 2.98. The zero-order valence-electron chi connectivity index (χ0n) is 16.4. The summed E-state index contributed by atoms with van der Waals surface area (Å²) < 4.78 is 54.5. The molecule has 0 radical (unpaired) electrons. The fraction of sp³-hybridized carbons (Fsp3) is 0.471. The maximum atomic E-state index is 12.8. The van der Waals surface area contributed by atoms with Crippen molar-refractivity contribution in [3.8, 4) is 0 Å². The summed E-state index contributed by atoms with van der Waals surface area (Å²) >= 11 is 0. The fourth-order valence-electron chi connectivity index (χ4n) is 3.74. The first-order valence-electron chi connectivity index (χ1n) is 9.55. The largest absolute Gasteiger partial charge is 0.405 e. The van der Waals surface area contributed by atoms with E-state index in [2.05, 4.69) is 15.0 Å². The standard InChI is InChI=1S/C17H19F3N6O/c1-2-10-7-25(16(27)24-9-17(18,19)20)8-11(10)13-5-22-14-6-23-15-12(26(13)14)3-4-21-15/h3-6,10-11,21H,2,7-9H2,1H3,(H,24,27)/t10-,11+/m1/s1/i9D2,24+1. The Balaban J connectivity index is 1.64. The smallest absolute Gasteiger partial charge is 0.345 e. The van der Waals surface area contributed by atoms with Crippen LogP contribution in [0.15, 0.2) is 24.7 Å². The van der Waals surface area contributed by atoms with Crippen LogP contribution < -0.4 is 5.32 Å². The van der Waals surface area contributed by atoms with Gasteiger partial charge in [-0.2, -0.15) is 13.2 Å². The summed E-state index contributed by atoms with van der Waals surface area (Å²) in [7, 11) is 0. The van der Waals surface area contributed by atoms with Crippen LogP contribution in [0.4, 0.5) is 18.0 Å². The van der Waals surface area contributed by atoms with Crippen LogP contribution in [0.25, 0.3) is 16.8 Å². The number of carbonyl (C=O) groups is 1. The van der Waals surface area contributed by atoms with Crippen LogP contribution in [0, 0.1) is 5.92 Å². The number of carbonyl (C=O) groups excluding carboxylic acids is 1. The number of imidazole rings is 1. The molecule has 1 aliphatic rings. The molecule has 1 saturated heterocycles. The lowest BCUT2D eigenvalue weighted by Crippen LogP contribution is -2.42. The highest BCUT2D eigenvalue weighted by molar-refractivity contribution is 5.76. The van der Waals surface area contributed by atoms with Gasteiger partial charge in [-0.25, -0.2) is 14.8 Å². The molecule has 2 atom stereocenters. The van der Waals surface area contributed by atoms with Crippen LogP contribution in [-0.4, -0.2) is 56.0 Å². The SMILES string of the molecule is [2H]C([2H])([15NH]C(=O)N1C[C@@H](CC)[C@@H](c2cnc3cnc4[nH]ccc4n23)C1)C(F)(F)F. The summed E-state index contributed by atoms with van der Waals surface area (Å²) in [6, 6.07) is 0.786. The molecular weight excluding hydrogens is 362 g/mol. The van der Waals surface area contributed by atoms with Crippen molar-refractivity contribution in [1.82, 2.24) is 29.6 Å². The van der Waals surface area contributed by atoms with Crippen molar-refractivity contribution in [3.63, 3.8) is 0 Å². The van der Waals surface area contributed by atoms with Crippen LogP contribution >= 0.6 is 0 Å². The zero-order chi connectivity index (χ0) is 21.0. The van der Waals surface area contributed by atoms with E-state index in [1.165, 1.54) is 10.2 Å². The Hall–Kier alpha value is -2.78. The molecule has 0 bridgehead atoms. The molecule has 144 valence electrons. The number of hydrogen-bond acceptors (Lipinski definition) is 3. The van der Waals surface area contributed by atoms with E-state index < -0.39 is 18.7 Å². The quantitative estimate of drug-likeness (QED) is 0.683. The van der Waals surface area contributed by atoms with Gasteiger partial charge in [0.1, 0.15) is 6.50 Å². The molecule has 10 heteroatoms. The van der Waals surface area contributed by atoms with Crippen molar-refractivity contribution in [1.29, 1.82) is 0 Å². The van der Waals surface area contributed by atoms with Crippen molar-refractivity contribution >= 4 is 22.8 Å². The van der Waals surface area contributed by atoms with Crippen molar-refractivity contribution < 1.29 is 20.7 Å². The van der Waals surface area contributed by atoms with Crippen LogP contribution in [-0.2, 0) is 0 Å². The molecule has 1 aliphatic heterocycles. The summed E-state index contributed by atoms with van der Waals surface area (Å²) in [5.74, 6) is -0.155. The first kappa shape index (κ1) is 15.3. The van der Waals surface area contributed by atoms with Crippen LogP contribution in [0.3, 0.4) is 0 Å². The van der Waals surface area contributed by atoms with Gasteiger partial charge in [-0.1, -0.05) is 13.3 Å². The second kappa shape index (κ2) is 6.43. The predicted octanol–water partition coefficient (Wildman–Crippen LogP) is 2.91. The monoisotopic (exact) mass is 383 g/mol. The maximum Gasteiger partial charge on any atom is 0.405 e. The highest BCUT2D eigenvalue weighted by Gasteiger charge is 2.38. The number of aromatic amines is 1. The molecular formula is C17H19F3N6O. The van der Waals surface area contributed by atoms with Crippen molar-refractivity contribution in [3.05, 3.63) is 30.4 Å². The maximum absolute atomic E-state index is 12.8. The Morgan fingerprint density at radius 2 is 2.22 bits per heavy atom. The summed E-state index contributed by atoms with van der Waals surface area (Å²) in [6.07, 6.45) is 0.593. The lowest BCUT2D eigenvalue weighted by molar-refractivity contribution is -0.123. The minimum absolute atomic E-state index is 0.000406. The summed E-state index contributed by atoms with van der Waals surface area (Å²) in [4.78, 5) is 25.3. The van der Waals surface area contributed by atoms with Crippen LogP contribution in [0.5, 0.6) is 0 Å². The molecule has 27 heavy (non-hydrogen) atoms. The van der Waals surface area contributed by atoms with Crippen LogP contribution in [0.1, 0.15) is 27.7 Å². The number of aromatic nitrogens is 4. The fourth-order valence-corrected chi connectivity index (χ4v) is 3.74. The topological polar surface area (TPSA) is 78.3 Å². The van der Waals surface area contributed by atoms with Gasteiger partial charge in [0.05, 0.1) is 14.5 Å². The lowest BCUT2D eigenvalue weighted by Gasteiger charge is -2.18. The Kier molecular flexibility index (Phi) is 3.64. The molecule has 2 amide bonds. The molecule has 0 aromatic carbocycles. The molecule has 3 aromatic heterocycles. The van der Waals surface area contributed by atoms with Gasteiger partial charge in [0.2, 0.25) is 0 Å². The van der Waals surface area contributed by atoms with E-state index in [1.54, 1.807) is 18.6 Å². The third-order valence-electron chi connectivity index (χ3n) is 5.01. The first-order chi connectivity index (χ1) is 13.6. The Labute approximate surface area is 155 Å². The van der Waals surface area contributed by atoms with E-state index in [0.717, 1.165) is 11.2 Å². The highest BCUT2D eigenvalue weighted by atomic mass is 19.4. The number of nitrogens with zero attached hydrogens (tertiary/aromatic N) is 4. The third-order valence-corrected chi connectivity index (χ3v) is 5.01. The number of halogens is 3. The summed E-state index contributed by atoms with van der Waals surface area (Å²) in [6.45, 7) is -1.45. The number of H-pyrrole nitrogens is 1. The van der Waals surface area contributed by atoms with E-state index in [0.29, 0.717) is 17.7 Å². The third kappa shape index (κ3) is 3.19. The number of alkyl halides is 3. The second-order valence-electron chi connectivity index (χ2n) is 6.58. The molecule has 4 rings (SSSR count). The van der Waals surface area contributed by atoms with Gasteiger partial charge in [0, 0.05) is 37.1 Å². The zero-order valence-corrected chi connectivity index (χ0v) is 14.4. The molecule has 0 saturated carbocycles.